The van der Waals surface area contributed by atoms with E-state index in [0.29, 0.717) is 43.5 Å². The molecule has 3 unspecified atom stereocenters. The van der Waals surface area contributed by atoms with E-state index in [1.807, 2.05) is 18.2 Å². The molecule has 0 aliphatic carbocycles. The molecule has 3 atom stereocenters. The molecule has 4 N–H and O–H groups in total. The van der Waals surface area contributed by atoms with Gasteiger partial charge in [0.25, 0.3) is 0 Å². The van der Waals surface area contributed by atoms with Crippen LogP contribution in [0.25, 0.3) is 0 Å². The minimum absolute atomic E-state index is 0. The zero-order chi connectivity index (χ0) is 24.1. The molecule has 0 aliphatic heterocycles. The maximum Gasteiger partial charge on any atom is 0.211 e. The normalized spacial score (nSPS) is 14.4. The number of methoxy groups -OCH3 is 2. The van der Waals surface area contributed by atoms with Crippen LogP contribution in [-0.4, -0.2) is 65.4 Å². The van der Waals surface area contributed by atoms with Crippen LogP contribution in [0.1, 0.15) is 45.6 Å². The number of halogens is 1. The van der Waals surface area contributed by atoms with Gasteiger partial charge in [0.05, 0.1) is 25.6 Å². The summed E-state index contributed by atoms with van der Waals surface area (Å²) in [6, 6.07) is 5.36. The first kappa shape index (κ1) is 31.9. The average Bonchev–Trinajstić information content (AvgIpc) is 2.74. The molecule has 0 bridgehead atoms. The fourth-order valence-corrected chi connectivity index (χ4v) is 4.56. The van der Waals surface area contributed by atoms with Gasteiger partial charge >= 0.3 is 0 Å². The molecule has 8 nitrogen and oxygen atoms in total. The van der Waals surface area contributed by atoms with Gasteiger partial charge in [-0.2, -0.15) is 0 Å². The maximum atomic E-state index is 11.8. The summed E-state index contributed by atoms with van der Waals surface area (Å²) in [5.41, 5.74) is 7.34. The second kappa shape index (κ2) is 16.5. The van der Waals surface area contributed by atoms with Gasteiger partial charge in [-0.25, -0.2) is 13.1 Å². The Labute approximate surface area is 206 Å². The second-order valence-corrected chi connectivity index (χ2v) is 10.4. The number of rotatable bonds is 17. The van der Waals surface area contributed by atoms with Crippen LogP contribution in [0.2, 0.25) is 0 Å². The van der Waals surface area contributed by atoms with Gasteiger partial charge in [0, 0.05) is 32.7 Å². The molecule has 1 rings (SSSR count). The molecule has 0 aromatic heterocycles. The Morgan fingerprint density at radius 2 is 1.85 bits per heavy atom. The van der Waals surface area contributed by atoms with Gasteiger partial charge in [0.15, 0.2) is 11.5 Å². The highest BCUT2D eigenvalue weighted by molar-refractivity contribution is 7.89. The largest absolute Gasteiger partial charge is 0.493 e. The quantitative estimate of drug-likeness (QED) is 0.275. The van der Waals surface area contributed by atoms with Gasteiger partial charge in [-0.3, -0.25) is 0 Å². The monoisotopic (exact) mass is 510 g/mol. The Balaban J connectivity index is 0.0000102. The van der Waals surface area contributed by atoms with Crippen LogP contribution in [0, 0.1) is 11.8 Å². The van der Waals surface area contributed by atoms with Crippen molar-refractivity contribution in [2.75, 3.05) is 39.7 Å². The minimum Gasteiger partial charge on any atom is -0.493 e. The summed E-state index contributed by atoms with van der Waals surface area (Å²) in [4.78, 5) is 0. The van der Waals surface area contributed by atoms with Crippen LogP contribution < -0.4 is 19.9 Å². The Kier molecular flexibility index (Phi) is 16.0. The number of benzene rings is 1. The molecule has 0 saturated carbocycles. The van der Waals surface area contributed by atoms with Gasteiger partial charge < -0.3 is 25.1 Å². The van der Waals surface area contributed by atoms with Crippen molar-refractivity contribution < 1.29 is 27.7 Å². The molecule has 10 heteroatoms. The fourth-order valence-electron chi connectivity index (χ4n) is 3.45. The molecule has 1 aromatic carbocycles. The van der Waals surface area contributed by atoms with E-state index in [4.69, 9.17) is 19.9 Å². The van der Waals surface area contributed by atoms with E-state index in [1.54, 1.807) is 21.1 Å². The second-order valence-electron chi connectivity index (χ2n) is 8.52. The van der Waals surface area contributed by atoms with Gasteiger partial charge in [-0.15, -0.1) is 12.4 Å². The number of aliphatic hydroxyl groups excluding tert-OH is 1. The third-order valence-electron chi connectivity index (χ3n) is 5.47. The molecule has 0 radical (unpaired) electrons. The van der Waals surface area contributed by atoms with Crippen molar-refractivity contribution in [3.63, 3.8) is 0 Å². The molecule has 33 heavy (non-hydrogen) atoms. The van der Waals surface area contributed by atoms with Gasteiger partial charge in [-0.1, -0.05) is 26.8 Å². The third-order valence-corrected chi connectivity index (χ3v) is 7.03. The number of hydrogen-bond donors (Lipinski definition) is 3. The van der Waals surface area contributed by atoms with Crippen LogP contribution >= 0.6 is 12.4 Å². The zero-order valence-corrected chi connectivity index (χ0v) is 22.2. The lowest BCUT2D eigenvalue weighted by atomic mass is 9.83. The summed E-state index contributed by atoms with van der Waals surface area (Å²) in [6.07, 6.45) is 1.70. The van der Waals surface area contributed by atoms with Crippen molar-refractivity contribution in [3.8, 4) is 11.5 Å². The first-order valence-corrected chi connectivity index (χ1v) is 13.0. The van der Waals surface area contributed by atoms with Gasteiger partial charge in [0.1, 0.15) is 0 Å². The van der Waals surface area contributed by atoms with E-state index in [0.717, 1.165) is 18.4 Å². The van der Waals surface area contributed by atoms with Crippen molar-refractivity contribution >= 4 is 22.4 Å². The minimum atomic E-state index is -3.38. The van der Waals surface area contributed by atoms with Crippen molar-refractivity contribution in [1.82, 2.24) is 4.72 Å². The lowest BCUT2D eigenvalue weighted by Crippen LogP contribution is -2.45. The van der Waals surface area contributed by atoms with E-state index < -0.39 is 22.2 Å². The van der Waals surface area contributed by atoms with E-state index in [-0.39, 0.29) is 30.6 Å². The van der Waals surface area contributed by atoms with E-state index >= 15 is 0 Å². The molecular formula is C23H43ClN2O6S. The third kappa shape index (κ3) is 12.2. The molecule has 1 aromatic rings. The Bertz CT molecular complexity index is 763. The lowest BCUT2D eigenvalue weighted by Gasteiger charge is -2.27. The fraction of sp³-hybridized carbons (Fsp3) is 0.739. The summed E-state index contributed by atoms with van der Waals surface area (Å²) in [5, 5.41) is 10.4. The summed E-state index contributed by atoms with van der Waals surface area (Å²) in [5.74, 6) is 1.95. The Morgan fingerprint density at radius 3 is 2.42 bits per heavy atom. The molecule has 0 saturated heterocycles. The Morgan fingerprint density at radius 1 is 1.15 bits per heavy atom. The zero-order valence-electron chi connectivity index (χ0n) is 20.6. The smallest absolute Gasteiger partial charge is 0.211 e. The predicted molar refractivity (Wildman–Crippen MR) is 135 cm³/mol. The highest BCUT2D eigenvalue weighted by Crippen LogP contribution is 2.31. The molecule has 0 fully saturated rings. The van der Waals surface area contributed by atoms with Crippen LogP contribution in [0.4, 0.5) is 0 Å². The van der Waals surface area contributed by atoms with Crippen LogP contribution in [0.5, 0.6) is 11.5 Å². The number of ether oxygens (including phenoxy) is 3. The summed E-state index contributed by atoms with van der Waals surface area (Å²) < 4.78 is 42.5. The molecule has 0 heterocycles. The van der Waals surface area contributed by atoms with Crippen molar-refractivity contribution in [2.45, 2.75) is 58.6 Å². The summed E-state index contributed by atoms with van der Waals surface area (Å²) >= 11 is 0. The van der Waals surface area contributed by atoms with Gasteiger partial charge in [-0.05, 0) is 48.8 Å². The molecule has 194 valence electrons. The van der Waals surface area contributed by atoms with Crippen LogP contribution in [0.15, 0.2) is 18.2 Å². The van der Waals surface area contributed by atoms with Crippen molar-refractivity contribution in [2.24, 2.45) is 17.6 Å². The number of nitrogens with two attached hydrogens (primary N) is 1. The predicted octanol–water partition coefficient (Wildman–Crippen LogP) is 2.75. The number of nitrogens with one attached hydrogen (secondary N) is 1. The van der Waals surface area contributed by atoms with Crippen LogP contribution in [-0.2, 0) is 21.2 Å². The first-order valence-electron chi connectivity index (χ1n) is 11.3. The SMILES string of the molecule is CCCS(=O)(=O)NCC(O)C(N)CC(Cc1ccc(OC)c(OCCCOC)c1)C(C)C.Cl. The topological polar surface area (TPSA) is 120 Å². The van der Waals surface area contributed by atoms with Crippen LogP contribution in [0.3, 0.4) is 0 Å². The molecule has 0 aliphatic rings. The Hall–Kier alpha value is -1.10. The van der Waals surface area contributed by atoms with E-state index in [2.05, 4.69) is 18.6 Å². The number of aliphatic hydroxyl groups is 1. The molecule has 0 spiro atoms. The molecule has 0 amide bonds. The number of sulfonamides is 1. The standard InChI is InChI=1S/C23H42N2O6S.ClH/c1-6-12-32(27,28)25-16-21(26)20(24)15-19(17(2)3)13-18-8-9-22(30-5)23(14-18)31-11-7-10-29-4;/h8-9,14,17,19-21,25-26H,6-7,10-13,15-16,24H2,1-5H3;1H. The molecular weight excluding hydrogens is 468 g/mol. The van der Waals surface area contributed by atoms with E-state index in [1.165, 1.54) is 0 Å². The van der Waals surface area contributed by atoms with E-state index in [9.17, 15) is 13.5 Å². The lowest BCUT2D eigenvalue weighted by molar-refractivity contribution is 0.129. The first-order chi connectivity index (χ1) is 15.1. The highest BCUT2D eigenvalue weighted by atomic mass is 35.5. The van der Waals surface area contributed by atoms with Gasteiger partial charge in [0.2, 0.25) is 10.0 Å². The van der Waals surface area contributed by atoms with Crippen molar-refractivity contribution in [1.29, 1.82) is 0 Å². The van der Waals surface area contributed by atoms with Crippen molar-refractivity contribution in [3.05, 3.63) is 23.8 Å². The maximum absolute atomic E-state index is 11.8. The number of hydrogen-bond acceptors (Lipinski definition) is 7. The highest BCUT2D eigenvalue weighted by Gasteiger charge is 2.24. The average molecular weight is 511 g/mol. The summed E-state index contributed by atoms with van der Waals surface area (Å²) in [7, 11) is -0.0997. The summed E-state index contributed by atoms with van der Waals surface area (Å²) in [6.45, 7) is 7.14.